The first-order valence-electron chi connectivity index (χ1n) is 13.3. The van der Waals surface area contributed by atoms with E-state index < -0.39 is 59.9 Å². The van der Waals surface area contributed by atoms with Gasteiger partial charge in [-0.1, -0.05) is 12.1 Å². The van der Waals surface area contributed by atoms with Gasteiger partial charge in [0.05, 0.1) is 24.7 Å². The summed E-state index contributed by atoms with van der Waals surface area (Å²) >= 11 is 0. The largest absolute Gasteiger partial charge is 0.573 e. The van der Waals surface area contributed by atoms with E-state index in [1.807, 2.05) is 6.08 Å². The zero-order chi connectivity index (χ0) is 30.5. The molecule has 0 N–H and O–H groups in total. The second-order valence-corrected chi connectivity index (χ2v) is 10.2. The lowest BCUT2D eigenvalue weighted by Crippen LogP contribution is -2.38. The summed E-state index contributed by atoms with van der Waals surface area (Å²) in [5.74, 6) is -6.32. The topological polar surface area (TPSA) is 63.2 Å². The number of allylic oxidation sites excluding steroid dienone is 1. The van der Waals surface area contributed by atoms with Crippen molar-refractivity contribution in [1.29, 1.82) is 0 Å². The summed E-state index contributed by atoms with van der Waals surface area (Å²) in [6.45, 7) is 4.56. The van der Waals surface area contributed by atoms with Crippen LogP contribution in [0.5, 0.6) is 11.5 Å². The standard InChI is InChI=1S/C29H29F7O6/c1-2-3-4-17-15-38-27(39-16-17)18-5-11-22(23(30)13-18)26(37)40-20-8-6-19(7-9-20)28(32,33)41-21-10-12-25(24(31)14-21)42-29(34,35)36/h2,5,10-14,17,19-20,27H,1,3-4,6-9,15-16H2. The SMILES string of the molecule is C=CCCC1COC(c2ccc(C(=O)OC3CCC(C(F)(F)Oc4ccc(OC(F)(F)F)c(F)c4)CC3)c(F)c2)OC1. The third-order valence-electron chi connectivity index (χ3n) is 7.04. The molecule has 2 aromatic carbocycles. The van der Waals surface area contributed by atoms with Crippen molar-refractivity contribution in [3.63, 3.8) is 0 Å². The van der Waals surface area contributed by atoms with Gasteiger partial charge in [-0.3, -0.25) is 0 Å². The predicted molar refractivity (Wildman–Crippen MR) is 134 cm³/mol. The second-order valence-electron chi connectivity index (χ2n) is 10.2. The Hall–Kier alpha value is -3.32. The van der Waals surface area contributed by atoms with Crippen LogP contribution >= 0.6 is 0 Å². The summed E-state index contributed by atoms with van der Waals surface area (Å²) in [6, 6.07) is 5.51. The molecule has 0 atom stereocenters. The van der Waals surface area contributed by atoms with E-state index in [0.29, 0.717) is 30.9 Å². The van der Waals surface area contributed by atoms with Crippen molar-refractivity contribution < 1.29 is 59.2 Å². The second kappa shape index (κ2) is 13.3. The summed E-state index contributed by atoms with van der Waals surface area (Å²) < 4.78 is 120. The van der Waals surface area contributed by atoms with Gasteiger partial charge in [0.1, 0.15) is 17.7 Å². The first-order valence-corrected chi connectivity index (χ1v) is 13.3. The lowest BCUT2D eigenvalue weighted by atomic mass is 9.86. The van der Waals surface area contributed by atoms with Crippen LogP contribution in [0, 0.1) is 23.5 Å². The Morgan fingerprint density at radius 1 is 0.929 bits per heavy atom. The van der Waals surface area contributed by atoms with Crippen LogP contribution in [0.15, 0.2) is 49.1 Å². The number of hydrogen-bond acceptors (Lipinski definition) is 6. The van der Waals surface area contributed by atoms with Crippen LogP contribution in [0.25, 0.3) is 0 Å². The Kier molecular flexibility index (Phi) is 10.0. The van der Waals surface area contributed by atoms with Gasteiger partial charge in [-0.25, -0.2) is 13.6 Å². The monoisotopic (exact) mass is 606 g/mol. The molecule has 0 unspecified atom stereocenters. The highest BCUT2D eigenvalue weighted by Crippen LogP contribution is 2.40. The first kappa shape index (κ1) is 31.6. The van der Waals surface area contributed by atoms with Gasteiger partial charge in [0.25, 0.3) is 0 Å². The van der Waals surface area contributed by atoms with E-state index in [2.05, 4.69) is 16.1 Å². The molecule has 1 aliphatic carbocycles. The van der Waals surface area contributed by atoms with Crippen molar-refractivity contribution in [3.05, 3.63) is 71.8 Å². The number of carbonyl (C=O) groups is 1. The van der Waals surface area contributed by atoms with Crippen LogP contribution in [-0.4, -0.2) is 37.8 Å². The maximum Gasteiger partial charge on any atom is 0.573 e. The molecule has 2 aliphatic rings. The fourth-order valence-corrected chi connectivity index (χ4v) is 4.82. The molecule has 4 rings (SSSR count). The smallest absolute Gasteiger partial charge is 0.459 e. The number of esters is 1. The van der Waals surface area contributed by atoms with Crippen molar-refractivity contribution in [3.8, 4) is 11.5 Å². The van der Waals surface area contributed by atoms with E-state index in [1.54, 1.807) is 0 Å². The Morgan fingerprint density at radius 3 is 2.21 bits per heavy atom. The maximum atomic E-state index is 14.8. The van der Waals surface area contributed by atoms with Gasteiger partial charge in [0.2, 0.25) is 0 Å². The lowest BCUT2D eigenvalue weighted by molar-refractivity contribution is -0.275. The van der Waals surface area contributed by atoms with Gasteiger partial charge >= 0.3 is 18.4 Å². The molecule has 0 aromatic heterocycles. The highest BCUT2D eigenvalue weighted by Gasteiger charge is 2.45. The lowest BCUT2D eigenvalue weighted by Gasteiger charge is -2.33. The minimum absolute atomic E-state index is 0.0263. The molecular formula is C29H29F7O6. The fraction of sp³-hybridized carbons (Fsp3) is 0.483. The van der Waals surface area contributed by atoms with E-state index >= 15 is 0 Å². The Labute approximate surface area is 237 Å². The molecule has 1 saturated carbocycles. The molecule has 2 fully saturated rings. The number of ether oxygens (including phenoxy) is 5. The Morgan fingerprint density at radius 2 is 1.62 bits per heavy atom. The van der Waals surface area contributed by atoms with E-state index in [4.69, 9.17) is 14.2 Å². The normalized spacial score (nSPS) is 23.2. The predicted octanol–water partition coefficient (Wildman–Crippen LogP) is 7.88. The van der Waals surface area contributed by atoms with Gasteiger partial charge in [-0.15, -0.1) is 19.8 Å². The van der Waals surface area contributed by atoms with Crippen molar-refractivity contribution in [2.75, 3.05) is 13.2 Å². The van der Waals surface area contributed by atoms with Crippen LogP contribution in [0.2, 0.25) is 0 Å². The quantitative estimate of drug-likeness (QED) is 0.156. The summed E-state index contributed by atoms with van der Waals surface area (Å²) in [5, 5.41) is 0. The van der Waals surface area contributed by atoms with Crippen LogP contribution in [-0.2, 0) is 14.2 Å². The number of alkyl halides is 5. The molecule has 42 heavy (non-hydrogen) atoms. The molecule has 1 heterocycles. The van der Waals surface area contributed by atoms with Crippen LogP contribution in [0.4, 0.5) is 30.7 Å². The average molecular weight is 607 g/mol. The first-order chi connectivity index (χ1) is 19.8. The molecule has 6 nitrogen and oxygen atoms in total. The average Bonchev–Trinajstić information content (AvgIpc) is 2.93. The van der Waals surface area contributed by atoms with Gasteiger partial charge in [-0.05, 0) is 62.8 Å². The molecule has 1 aliphatic heterocycles. The molecule has 1 saturated heterocycles. The van der Waals surface area contributed by atoms with Crippen LogP contribution in [0.3, 0.4) is 0 Å². The van der Waals surface area contributed by atoms with Crippen LogP contribution in [0.1, 0.15) is 60.7 Å². The third-order valence-corrected chi connectivity index (χ3v) is 7.04. The molecule has 0 amide bonds. The summed E-state index contributed by atoms with van der Waals surface area (Å²) in [5.41, 5.74) is 0.0746. The van der Waals surface area contributed by atoms with Gasteiger partial charge in [-0.2, -0.15) is 8.78 Å². The van der Waals surface area contributed by atoms with Crippen molar-refractivity contribution in [2.45, 2.75) is 63.4 Å². The molecule has 230 valence electrons. The minimum atomic E-state index is -5.15. The van der Waals surface area contributed by atoms with Gasteiger partial charge in [0, 0.05) is 17.5 Å². The maximum absolute atomic E-state index is 14.8. The Bertz CT molecular complexity index is 1240. The number of carbonyl (C=O) groups excluding carboxylic acids is 1. The summed E-state index contributed by atoms with van der Waals surface area (Å²) in [6.07, 6.45) is -7.20. The third kappa shape index (κ3) is 8.37. The van der Waals surface area contributed by atoms with E-state index in [0.717, 1.165) is 25.0 Å². The van der Waals surface area contributed by atoms with Gasteiger partial charge in [0.15, 0.2) is 17.9 Å². The van der Waals surface area contributed by atoms with Gasteiger partial charge < -0.3 is 23.7 Å². The highest BCUT2D eigenvalue weighted by atomic mass is 19.4. The zero-order valence-electron chi connectivity index (χ0n) is 22.3. The molecule has 13 heteroatoms. The van der Waals surface area contributed by atoms with Crippen molar-refractivity contribution in [1.82, 2.24) is 0 Å². The number of halogens is 7. The summed E-state index contributed by atoms with van der Waals surface area (Å²) in [7, 11) is 0. The molecule has 0 spiro atoms. The molecule has 0 bridgehead atoms. The fourth-order valence-electron chi connectivity index (χ4n) is 4.82. The van der Waals surface area contributed by atoms with Crippen LogP contribution < -0.4 is 9.47 Å². The van der Waals surface area contributed by atoms with E-state index in [9.17, 15) is 35.5 Å². The summed E-state index contributed by atoms with van der Waals surface area (Å²) in [4.78, 5) is 12.6. The molecule has 2 aromatic rings. The van der Waals surface area contributed by atoms with E-state index in [1.165, 1.54) is 12.1 Å². The number of benzene rings is 2. The molecule has 0 radical (unpaired) electrons. The van der Waals surface area contributed by atoms with Crippen molar-refractivity contribution in [2.24, 2.45) is 11.8 Å². The minimum Gasteiger partial charge on any atom is -0.459 e. The highest BCUT2D eigenvalue weighted by molar-refractivity contribution is 5.89. The van der Waals surface area contributed by atoms with E-state index in [-0.39, 0.29) is 37.2 Å². The number of hydrogen-bond donors (Lipinski definition) is 0. The molecular weight excluding hydrogens is 577 g/mol. The van der Waals surface area contributed by atoms with Crippen molar-refractivity contribution >= 4 is 5.97 Å². The number of rotatable bonds is 10. The Balaban J connectivity index is 1.27. The zero-order valence-corrected chi connectivity index (χ0v) is 22.3.